The van der Waals surface area contributed by atoms with Crippen LogP contribution in [0.3, 0.4) is 0 Å². The number of nitrogens with zero attached hydrogens (tertiary/aromatic N) is 5. The fourth-order valence-corrected chi connectivity index (χ4v) is 3.64. The molecule has 2 aliphatic rings. The second kappa shape index (κ2) is 6.33. The molecule has 0 unspecified atom stereocenters. The highest BCUT2D eigenvalue weighted by molar-refractivity contribution is 5.98. The SMILES string of the molecule is CN1CCn2nc(C(=O)N3CCc4oc(-c5ccccc5)nc4C3)cc2C1=O. The lowest BCUT2D eigenvalue weighted by Gasteiger charge is -2.24. The van der Waals surface area contributed by atoms with Crippen LogP contribution in [0.1, 0.15) is 32.4 Å². The van der Waals surface area contributed by atoms with Crippen molar-refractivity contribution in [3.05, 3.63) is 59.2 Å². The molecule has 8 heteroatoms. The van der Waals surface area contributed by atoms with Gasteiger partial charge in [0.2, 0.25) is 5.89 Å². The molecular weight excluding hydrogens is 358 g/mol. The summed E-state index contributed by atoms with van der Waals surface area (Å²) in [6.07, 6.45) is 0.607. The number of oxazole rings is 1. The van der Waals surface area contributed by atoms with Gasteiger partial charge in [0.05, 0.1) is 13.1 Å². The third-order valence-electron chi connectivity index (χ3n) is 5.25. The van der Waals surface area contributed by atoms with Crippen LogP contribution >= 0.6 is 0 Å². The van der Waals surface area contributed by atoms with E-state index in [0.717, 1.165) is 17.0 Å². The first-order valence-electron chi connectivity index (χ1n) is 9.27. The number of benzene rings is 1. The van der Waals surface area contributed by atoms with Crippen LogP contribution in [0.25, 0.3) is 11.5 Å². The van der Waals surface area contributed by atoms with Crippen molar-refractivity contribution < 1.29 is 14.0 Å². The molecule has 0 saturated heterocycles. The van der Waals surface area contributed by atoms with Crippen LogP contribution in [0.15, 0.2) is 40.8 Å². The molecule has 0 atom stereocenters. The van der Waals surface area contributed by atoms with E-state index in [-0.39, 0.29) is 11.8 Å². The molecule has 0 saturated carbocycles. The van der Waals surface area contributed by atoms with Crippen LogP contribution in [0, 0.1) is 0 Å². The van der Waals surface area contributed by atoms with Gasteiger partial charge in [-0.25, -0.2) is 4.98 Å². The second-order valence-electron chi connectivity index (χ2n) is 7.10. The minimum Gasteiger partial charge on any atom is -0.441 e. The summed E-state index contributed by atoms with van der Waals surface area (Å²) < 4.78 is 7.52. The van der Waals surface area contributed by atoms with E-state index in [9.17, 15) is 9.59 Å². The first-order valence-corrected chi connectivity index (χ1v) is 9.27. The van der Waals surface area contributed by atoms with E-state index in [1.54, 1.807) is 27.6 Å². The number of hydrogen-bond donors (Lipinski definition) is 0. The summed E-state index contributed by atoms with van der Waals surface area (Å²) in [5.74, 6) is 1.10. The zero-order valence-corrected chi connectivity index (χ0v) is 15.5. The Kier molecular flexibility index (Phi) is 3.78. The first kappa shape index (κ1) is 16.7. The quantitative estimate of drug-likeness (QED) is 0.680. The average Bonchev–Trinajstić information content (AvgIpc) is 3.35. The molecule has 3 aromatic rings. The fraction of sp³-hybridized carbons (Fsp3) is 0.300. The van der Waals surface area contributed by atoms with Gasteiger partial charge in [-0.05, 0) is 12.1 Å². The van der Waals surface area contributed by atoms with Crippen LogP contribution in [-0.2, 0) is 19.5 Å². The van der Waals surface area contributed by atoms with E-state index in [4.69, 9.17) is 4.42 Å². The Morgan fingerprint density at radius 1 is 1.14 bits per heavy atom. The molecule has 0 aliphatic carbocycles. The van der Waals surface area contributed by atoms with Gasteiger partial charge in [0, 0.05) is 38.2 Å². The highest BCUT2D eigenvalue weighted by Crippen LogP contribution is 2.27. The van der Waals surface area contributed by atoms with Crippen molar-refractivity contribution in [2.75, 3.05) is 20.1 Å². The minimum atomic E-state index is -0.188. The number of fused-ring (bicyclic) bond motifs is 2. The van der Waals surface area contributed by atoms with E-state index in [1.807, 2.05) is 30.3 Å². The second-order valence-corrected chi connectivity index (χ2v) is 7.10. The Morgan fingerprint density at radius 3 is 2.79 bits per heavy atom. The molecule has 142 valence electrons. The molecule has 0 radical (unpaired) electrons. The van der Waals surface area contributed by atoms with Crippen molar-refractivity contribution in [3.63, 3.8) is 0 Å². The molecule has 0 fully saturated rings. The Bertz CT molecular complexity index is 1070. The van der Waals surface area contributed by atoms with Crippen molar-refractivity contribution in [1.82, 2.24) is 24.6 Å². The number of likely N-dealkylation sites (N-methyl/N-ethyl adjacent to an activating group) is 1. The molecule has 8 nitrogen and oxygen atoms in total. The normalized spacial score (nSPS) is 16.1. The maximum absolute atomic E-state index is 13.0. The maximum atomic E-state index is 13.0. The van der Waals surface area contributed by atoms with Gasteiger partial charge in [-0.15, -0.1) is 0 Å². The fourth-order valence-electron chi connectivity index (χ4n) is 3.64. The Balaban J connectivity index is 1.38. The summed E-state index contributed by atoms with van der Waals surface area (Å²) in [5.41, 5.74) is 2.45. The number of carbonyl (C=O) groups is 2. The molecule has 0 spiro atoms. The summed E-state index contributed by atoms with van der Waals surface area (Å²) >= 11 is 0. The Hall–Kier alpha value is -3.42. The number of amides is 2. The Morgan fingerprint density at radius 2 is 1.96 bits per heavy atom. The molecular formula is C20H19N5O3. The largest absolute Gasteiger partial charge is 0.441 e. The summed E-state index contributed by atoms with van der Waals surface area (Å²) in [4.78, 5) is 33.1. The smallest absolute Gasteiger partial charge is 0.274 e. The van der Waals surface area contributed by atoms with E-state index >= 15 is 0 Å². The molecule has 0 bridgehead atoms. The van der Waals surface area contributed by atoms with Gasteiger partial charge < -0.3 is 14.2 Å². The number of aromatic nitrogens is 3. The predicted octanol–water partition coefficient (Wildman–Crippen LogP) is 1.82. The highest BCUT2D eigenvalue weighted by atomic mass is 16.4. The predicted molar refractivity (Wildman–Crippen MR) is 99.6 cm³/mol. The van der Waals surface area contributed by atoms with Gasteiger partial charge in [-0.1, -0.05) is 18.2 Å². The topological polar surface area (TPSA) is 84.5 Å². The van der Waals surface area contributed by atoms with Gasteiger partial charge >= 0.3 is 0 Å². The zero-order valence-electron chi connectivity index (χ0n) is 15.5. The van der Waals surface area contributed by atoms with Crippen molar-refractivity contribution in [1.29, 1.82) is 0 Å². The summed E-state index contributed by atoms with van der Waals surface area (Å²) in [6.45, 7) is 2.10. The van der Waals surface area contributed by atoms with Crippen LogP contribution in [0.2, 0.25) is 0 Å². The third kappa shape index (κ3) is 2.69. The van der Waals surface area contributed by atoms with Crippen molar-refractivity contribution in [2.45, 2.75) is 19.5 Å². The summed E-state index contributed by atoms with van der Waals surface area (Å²) in [5, 5.41) is 4.35. The van der Waals surface area contributed by atoms with Crippen molar-refractivity contribution >= 4 is 11.8 Å². The molecule has 2 amide bonds. The molecule has 1 aromatic carbocycles. The highest BCUT2D eigenvalue weighted by Gasteiger charge is 2.30. The lowest BCUT2D eigenvalue weighted by Crippen LogP contribution is -2.37. The van der Waals surface area contributed by atoms with Gasteiger partial charge in [-0.3, -0.25) is 14.3 Å². The van der Waals surface area contributed by atoms with Gasteiger partial charge in [-0.2, -0.15) is 5.10 Å². The van der Waals surface area contributed by atoms with Gasteiger partial charge in [0.1, 0.15) is 17.1 Å². The zero-order chi connectivity index (χ0) is 19.3. The molecule has 2 aliphatic heterocycles. The summed E-state index contributed by atoms with van der Waals surface area (Å²) in [7, 11) is 1.75. The molecule has 0 N–H and O–H groups in total. The van der Waals surface area contributed by atoms with Crippen LogP contribution in [0.4, 0.5) is 0 Å². The standard InChI is InChI=1S/C20H19N5O3/c1-23-9-10-25-16(20(23)27)11-14(22-25)19(26)24-8-7-17-15(12-24)21-18(28-17)13-5-3-2-4-6-13/h2-6,11H,7-10,12H2,1H3. The van der Waals surface area contributed by atoms with Gasteiger partial charge in [0.25, 0.3) is 11.8 Å². The van der Waals surface area contributed by atoms with Crippen LogP contribution in [-0.4, -0.2) is 56.5 Å². The molecule has 4 heterocycles. The number of hydrogen-bond acceptors (Lipinski definition) is 5. The molecule has 2 aromatic heterocycles. The lowest BCUT2D eigenvalue weighted by atomic mass is 10.1. The van der Waals surface area contributed by atoms with E-state index in [1.165, 1.54) is 0 Å². The number of rotatable bonds is 2. The van der Waals surface area contributed by atoms with Crippen molar-refractivity contribution in [2.24, 2.45) is 0 Å². The van der Waals surface area contributed by atoms with E-state index in [0.29, 0.717) is 49.9 Å². The van der Waals surface area contributed by atoms with E-state index in [2.05, 4.69) is 10.1 Å². The monoisotopic (exact) mass is 377 g/mol. The molecule has 5 rings (SSSR count). The minimum absolute atomic E-state index is 0.109. The van der Waals surface area contributed by atoms with Crippen molar-refractivity contribution in [3.8, 4) is 11.5 Å². The first-order chi connectivity index (χ1) is 13.6. The van der Waals surface area contributed by atoms with Crippen LogP contribution < -0.4 is 0 Å². The average molecular weight is 377 g/mol. The maximum Gasteiger partial charge on any atom is 0.274 e. The number of carbonyl (C=O) groups excluding carboxylic acids is 2. The van der Waals surface area contributed by atoms with Gasteiger partial charge in [0.15, 0.2) is 5.69 Å². The van der Waals surface area contributed by atoms with Crippen LogP contribution in [0.5, 0.6) is 0 Å². The lowest BCUT2D eigenvalue weighted by molar-refractivity contribution is 0.0715. The Labute approximate surface area is 161 Å². The summed E-state index contributed by atoms with van der Waals surface area (Å²) in [6, 6.07) is 11.3. The molecule has 28 heavy (non-hydrogen) atoms. The van der Waals surface area contributed by atoms with E-state index < -0.39 is 0 Å². The third-order valence-corrected chi connectivity index (χ3v) is 5.25.